The van der Waals surface area contributed by atoms with E-state index < -0.39 is 0 Å². The van der Waals surface area contributed by atoms with Crippen LogP contribution in [0.1, 0.15) is 12.8 Å². The van der Waals surface area contributed by atoms with Crippen molar-refractivity contribution in [3.63, 3.8) is 0 Å². The summed E-state index contributed by atoms with van der Waals surface area (Å²) in [5.74, 6) is 1.15. The van der Waals surface area contributed by atoms with E-state index >= 15 is 0 Å². The molecule has 8 heteroatoms. The molecular weight excluding hydrogens is 256 g/mol. The van der Waals surface area contributed by atoms with E-state index in [0.29, 0.717) is 25.0 Å². The fourth-order valence-electron chi connectivity index (χ4n) is 1.39. The molecule has 1 aromatic rings. The summed E-state index contributed by atoms with van der Waals surface area (Å²) in [7, 11) is 1.70. The standard InChI is InChI=1S/C10H15ClN6O/c1-12-9-15-8(11)16-10(17-9)14-5-4-13-7(18)6-2-3-6/h6H,2-5H2,1H3,(H,13,18)(H2,12,14,15,16,17). The van der Waals surface area contributed by atoms with Gasteiger partial charge < -0.3 is 16.0 Å². The van der Waals surface area contributed by atoms with Crippen LogP contribution in [-0.2, 0) is 4.79 Å². The highest BCUT2D eigenvalue weighted by Gasteiger charge is 2.28. The van der Waals surface area contributed by atoms with Crippen LogP contribution in [0, 0.1) is 5.92 Å². The van der Waals surface area contributed by atoms with Crippen LogP contribution in [-0.4, -0.2) is 41.0 Å². The van der Waals surface area contributed by atoms with Crippen LogP contribution in [0.15, 0.2) is 0 Å². The number of hydrogen-bond acceptors (Lipinski definition) is 6. The number of anilines is 2. The summed E-state index contributed by atoms with van der Waals surface area (Å²) in [5, 5.41) is 8.72. The second-order valence-corrected chi connectivity index (χ2v) is 4.33. The highest BCUT2D eigenvalue weighted by Crippen LogP contribution is 2.28. The van der Waals surface area contributed by atoms with E-state index in [1.807, 2.05) is 0 Å². The lowest BCUT2D eigenvalue weighted by atomic mass is 10.4. The van der Waals surface area contributed by atoms with Gasteiger partial charge in [-0.2, -0.15) is 15.0 Å². The van der Waals surface area contributed by atoms with Gasteiger partial charge in [-0.15, -0.1) is 0 Å². The van der Waals surface area contributed by atoms with E-state index in [1.54, 1.807) is 7.05 Å². The van der Waals surface area contributed by atoms with Crippen LogP contribution in [0.2, 0.25) is 5.28 Å². The summed E-state index contributed by atoms with van der Waals surface area (Å²) in [6.45, 7) is 1.08. The normalized spacial score (nSPS) is 14.1. The zero-order valence-corrected chi connectivity index (χ0v) is 10.8. The van der Waals surface area contributed by atoms with Crippen molar-refractivity contribution < 1.29 is 4.79 Å². The number of nitrogens with one attached hydrogen (secondary N) is 3. The molecule has 1 aliphatic rings. The molecule has 1 saturated carbocycles. The molecule has 1 aliphatic carbocycles. The van der Waals surface area contributed by atoms with E-state index in [-0.39, 0.29) is 17.1 Å². The van der Waals surface area contributed by atoms with Crippen molar-refractivity contribution >= 4 is 29.4 Å². The van der Waals surface area contributed by atoms with Crippen LogP contribution in [0.25, 0.3) is 0 Å². The lowest BCUT2D eigenvalue weighted by Gasteiger charge is -2.07. The number of aromatic nitrogens is 3. The Kier molecular flexibility index (Phi) is 4.14. The lowest BCUT2D eigenvalue weighted by Crippen LogP contribution is -2.30. The Morgan fingerprint density at radius 3 is 2.67 bits per heavy atom. The van der Waals surface area contributed by atoms with Crippen LogP contribution in [0.3, 0.4) is 0 Å². The van der Waals surface area contributed by atoms with Gasteiger partial charge in [0.1, 0.15) is 0 Å². The van der Waals surface area contributed by atoms with Crippen molar-refractivity contribution in [1.29, 1.82) is 0 Å². The first-order valence-electron chi connectivity index (χ1n) is 5.80. The number of carbonyl (C=O) groups excluding carboxylic acids is 1. The molecule has 3 N–H and O–H groups in total. The Morgan fingerprint density at radius 1 is 1.28 bits per heavy atom. The molecule has 1 aromatic heterocycles. The third-order valence-electron chi connectivity index (χ3n) is 2.49. The number of carbonyl (C=O) groups is 1. The van der Waals surface area contributed by atoms with Gasteiger partial charge in [0.15, 0.2) is 0 Å². The van der Waals surface area contributed by atoms with Gasteiger partial charge in [0.2, 0.25) is 23.1 Å². The number of rotatable bonds is 6. The molecule has 0 aromatic carbocycles. The summed E-state index contributed by atoms with van der Waals surface area (Å²) < 4.78 is 0. The van der Waals surface area contributed by atoms with Gasteiger partial charge in [0, 0.05) is 26.1 Å². The number of halogens is 1. The SMILES string of the molecule is CNc1nc(Cl)nc(NCCNC(=O)C2CC2)n1. The first kappa shape index (κ1) is 12.8. The number of nitrogens with zero attached hydrogens (tertiary/aromatic N) is 3. The molecule has 0 atom stereocenters. The third-order valence-corrected chi connectivity index (χ3v) is 2.66. The largest absolute Gasteiger partial charge is 0.357 e. The second kappa shape index (κ2) is 5.81. The van der Waals surface area contributed by atoms with Crippen molar-refractivity contribution in [3.05, 3.63) is 5.28 Å². The van der Waals surface area contributed by atoms with Crippen molar-refractivity contribution in [2.75, 3.05) is 30.8 Å². The summed E-state index contributed by atoms with van der Waals surface area (Å²) in [6.07, 6.45) is 2.02. The smallest absolute Gasteiger partial charge is 0.228 e. The molecule has 2 rings (SSSR count). The van der Waals surface area contributed by atoms with Gasteiger partial charge in [-0.25, -0.2) is 0 Å². The van der Waals surface area contributed by atoms with Gasteiger partial charge in [-0.3, -0.25) is 4.79 Å². The lowest BCUT2D eigenvalue weighted by molar-refractivity contribution is -0.122. The van der Waals surface area contributed by atoms with Gasteiger partial charge in [-0.1, -0.05) is 0 Å². The van der Waals surface area contributed by atoms with E-state index in [9.17, 15) is 4.79 Å². The van der Waals surface area contributed by atoms with Crippen LogP contribution in [0.4, 0.5) is 11.9 Å². The molecular formula is C10H15ClN6O. The van der Waals surface area contributed by atoms with Gasteiger partial charge in [-0.05, 0) is 24.4 Å². The Morgan fingerprint density at radius 2 is 2.00 bits per heavy atom. The Labute approximate surface area is 110 Å². The summed E-state index contributed by atoms with van der Waals surface area (Å²) in [5.41, 5.74) is 0. The first-order valence-corrected chi connectivity index (χ1v) is 6.17. The molecule has 0 aliphatic heterocycles. The molecule has 1 fully saturated rings. The van der Waals surface area contributed by atoms with Crippen LogP contribution < -0.4 is 16.0 Å². The monoisotopic (exact) mass is 270 g/mol. The van der Waals surface area contributed by atoms with E-state index in [2.05, 4.69) is 30.9 Å². The predicted molar refractivity (Wildman–Crippen MR) is 68.6 cm³/mol. The van der Waals surface area contributed by atoms with E-state index in [1.165, 1.54) is 0 Å². The summed E-state index contributed by atoms with van der Waals surface area (Å²) >= 11 is 5.73. The average molecular weight is 271 g/mol. The number of hydrogen-bond donors (Lipinski definition) is 3. The van der Waals surface area contributed by atoms with Gasteiger partial charge >= 0.3 is 0 Å². The molecule has 7 nitrogen and oxygen atoms in total. The molecule has 1 amide bonds. The highest BCUT2D eigenvalue weighted by molar-refractivity contribution is 6.28. The number of amides is 1. The Bertz CT molecular complexity index is 436. The molecule has 0 bridgehead atoms. The van der Waals surface area contributed by atoms with E-state index in [0.717, 1.165) is 12.8 Å². The molecule has 0 radical (unpaired) electrons. The highest BCUT2D eigenvalue weighted by atomic mass is 35.5. The third kappa shape index (κ3) is 3.69. The van der Waals surface area contributed by atoms with Gasteiger partial charge in [0.05, 0.1) is 0 Å². The molecule has 98 valence electrons. The Hall–Kier alpha value is -1.63. The second-order valence-electron chi connectivity index (χ2n) is 3.99. The molecule has 0 spiro atoms. The average Bonchev–Trinajstić information content (AvgIpc) is 3.17. The minimum absolute atomic E-state index is 0.124. The fraction of sp³-hybridized carbons (Fsp3) is 0.600. The maximum Gasteiger partial charge on any atom is 0.228 e. The van der Waals surface area contributed by atoms with Crippen LogP contribution >= 0.6 is 11.6 Å². The zero-order chi connectivity index (χ0) is 13.0. The molecule has 0 unspecified atom stereocenters. The summed E-state index contributed by atoms with van der Waals surface area (Å²) in [4.78, 5) is 23.2. The van der Waals surface area contributed by atoms with E-state index in [4.69, 9.17) is 11.6 Å². The minimum Gasteiger partial charge on any atom is -0.357 e. The molecule has 18 heavy (non-hydrogen) atoms. The van der Waals surface area contributed by atoms with Crippen LogP contribution in [0.5, 0.6) is 0 Å². The van der Waals surface area contributed by atoms with Crippen molar-refractivity contribution in [1.82, 2.24) is 20.3 Å². The quantitative estimate of drug-likeness (QED) is 0.652. The molecule has 0 saturated heterocycles. The van der Waals surface area contributed by atoms with Crippen molar-refractivity contribution in [3.8, 4) is 0 Å². The van der Waals surface area contributed by atoms with Crippen molar-refractivity contribution in [2.24, 2.45) is 5.92 Å². The minimum atomic E-state index is 0.124. The summed E-state index contributed by atoms with van der Waals surface area (Å²) in [6, 6.07) is 0. The van der Waals surface area contributed by atoms with Crippen molar-refractivity contribution in [2.45, 2.75) is 12.8 Å². The Balaban J connectivity index is 1.75. The predicted octanol–water partition coefficient (Wildman–Crippen LogP) is 0.505. The maximum absolute atomic E-state index is 11.4. The maximum atomic E-state index is 11.4. The van der Waals surface area contributed by atoms with Gasteiger partial charge in [0.25, 0.3) is 0 Å². The zero-order valence-electron chi connectivity index (χ0n) is 10.0. The first-order chi connectivity index (χ1) is 8.69. The fourth-order valence-corrected chi connectivity index (χ4v) is 1.55. The topological polar surface area (TPSA) is 91.8 Å². The molecule has 1 heterocycles.